The Morgan fingerprint density at radius 3 is 2.34 bits per heavy atom. The van der Waals surface area contributed by atoms with Crippen LogP contribution < -0.4 is 19.5 Å². The van der Waals surface area contributed by atoms with E-state index in [1.807, 2.05) is 19.1 Å². The molecule has 3 aromatic carbocycles. The molecule has 7 nitrogen and oxygen atoms in total. The Bertz CT molecular complexity index is 1170. The van der Waals surface area contributed by atoms with Gasteiger partial charge in [-0.05, 0) is 61.0 Å². The lowest BCUT2D eigenvalue weighted by atomic mass is 10.1. The molecule has 9 heteroatoms. The lowest BCUT2D eigenvalue weighted by Gasteiger charge is -2.15. The van der Waals surface area contributed by atoms with Crippen molar-refractivity contribution < 1.29 is 22.7 Å². The smallest absolute Gasteiger partial charge is 0.261 e. The maximum Gasteiger partial charge on any atom is 0.261 e. The van der Waals surface area contributed by atoms with Gasteiger partial charge in [-0.2, -0.15) is 0 Å². The second kappa shape index (κ2) is 10.4. The highest BCUT2D eigenvalue weighted by molar-refractivity contribution is 7.92. The zero-order valence-corrected chi connectivity index (χ0v) is 19.1. The summed E-state index contributed by atoms with van der Waals surface area (Å²) in [4.78, 5) is 12.2. The number of hydrogen-bond acceptors (Lipinski definition) is 5. The Labute approximate surface area is 192 Å². The van der Waals surface area contributed by atoms with Gasteiger partial charge in [-0.25, -0.2) is 8.42 Å². The average molecular weight is 475 g/mol. The predicted octanol–water partition coefficient (Wildman–Crippen LogP) is 4.41. The lowest BCUT2D eigenvalue weighted by Crippen LogP contribution is -2.31. The number of carbonyl (C=O) groups excluding carboxylic acids is 1. The quantitative estimate of drug-likeness (QED) is 0.479. The van der Waals surface area contributed by atoms with E-state index in [2.05, 4.69) is 10.0 Å². The summed E-state index contributed by atoms with van der Waals surface area (Å²) in [6, 6.07) is 19.4. The molecule has 0 aromatic heterocycles. The van der Waals surface area contributed by atoms with Gasteiger partial charge < -0.3 is 14.8 Å². The van der Waals surface area contributed by atoms with Crippen LogP contribution in [0, 0.1) is 0 Å². The van der Waals surface area contributed by atoms with Gasteiger partial charge in [0.15, 0.2) is 6.61 Å². The zero-order chi connectivity index (χ0) is 23.1. The van der Waals surface area contributed by atoms with Gasteiger partial charge in [-0.15, -0.1) is 0 Å². The first-order chi connectivity index (χ1) is 15.3. The van der Waals surface area contributed by atoms with Crippen LogP contribution in [0.4, 0.5) is 5.69 Å². The molecule has 0 aliphatic rings. The summed E-state index contributed by atoms with van der Waals surface area (Å²) in [5.74, 6) is 0.612. The topological polar surface area (TPSA) is 93.7 Å². The van der Waals surface area contributed by atoms with Crippen molar-refractivity contribution in [2.45, 2.75) is 17.9 Å². The number of anilines is 1. The number of ether oxygens (including phenoxy) is 2. The van der Waals surface area contributed by atoms with Crippen molar-refractivity contribution in [3.05, 3.63) is 83.4 Å². The molecule has 0 aliphatic heterocycles. The normalized spacial score (nSPS) is 12.0. The standard InChI is InChI=1S/C23H23ClN2O5S/c1-16(17-6-8-18(24)9-7-17)25-23(27)15-31-20-10-12-22(13-11-20)32(28,29)26-19-4-3-5-21(14-19)30-2/h3-14,16,26H,15H2,1-2H3,(H,25,27)/t16-/m1/s1. The summed E-state index contributed by atoms with van der Waals surface area (Å²) in [7, 11) is -2.28. The summed E-state index contributed by atoms with van der Waals surface area (Å²) >= 11 is 5.88. The molecular formula is C23H23ClN2O5S. The first-order valence-corrected chi connectivity index (χ1v) is 11.6. The third kappa shape index (κ3) is 6.38. The predicted molar refractivity (Wildman–Crippen MR) is 124 cm³/mol. The van der Waals surface area contributed by atoms with Gasteiger partial charge in [0.25, 0.3) is 15.9 Å². The number of halogens is 1. The Hall–Kier alpha value is -3.23. The fourth-order valence-electron chi connectivity index (χ4n) is 2.88. The number of amides is 1. The van der Waals surface area contributed by atoms with Crippen molar-refractivity contribution in [2.75, 3.05) is 18.4 Å². The first-order valence-electron chi connectivity index (χ1n) is 9.71. The van der Waals surface area contributed by atoms with Crippen LogP contribution in [0.1, 0.15) is 18.5 Å². The Balaban J connectivity index is 1.55. The molecule has 0 unspecified atom stereocenters. The second-order valence-electron chi connectivity index (χ2n) is 6.94. The summed E-state index contributed by atoms with van der Waals surface area (Å²) in [6.07, 6.45) is 0. The highest BCUT2D eigenvalue weighted by Gasteiger charge is 2.15. The van der Waals surface area contributed by atoms with Gasteiger partial charge >= 0.3 is 0 Å². The summed E-state index contributed by atoms with van der Waals surface area (Å²) < 4.78 is 38.3. The first kappa shape index (κ1) is 23.4. The maximum absolute atomic E-state index is 12.6. The minimum absolute atomic E-state index is 0.0634. The van der Waals surface area contributed by atoms with E-state index in [1.54, 1.807) is 36.4 Å². The summed E-state index contributed by atoms with van der Waals surface area (Å²) in [5, 5.41) is 3.46. The number of rotatable bonds is 9. The Morgan fingerprint density at radius 2 is 1.69 bits per heavy atom. The Morgan fingerprint density at radius 1 is 1.00 bits per heavy atom. The molecule has 168 valence electrons. The van der Waals surface area contributed by atoms with E-state index in [4.69, 9.17) is 21.1 Å². The van der Waals surface area contributed by atoms with Crippen molar-refractivity contribution in [3.8, 4) is 11.5 Å². The molecule has 0 fully saturated rings. The third-order valence-corrected chi connectivity index (χ3v) is 6.22. The van der Waals surface area contributed by atoms with Crippen LogP contribution in [-0.2, 0) is 14.8 Å². The van der Waals surface area contributed by atoms with Crippen LogP contribution in [0.5, 0.6) is 11.5 Å². The van der Waals surface area contributed by atoms with Gasteiger partial charge in [-0.3, -0.25) is 9.52 Å². The number of benzene rings is 3. The summed E-state index contributed by atoms with van der Waals surface area (Å²) in [5.41, 5.74) is 1.30. The maximum atomic E-state index is 12.6. The van der Waals surface area contributed by atoms with Gasteiger partial charge in [0.1, 0.15) is 11.5 Å². The fourth-order valence-corrected chi connectivity index (χ4v) is 4.06. The number of nitrogens with one attached hydrogen (secondary N) is 2. The van der Waals surface area contributed by atoms with Crippen LogP contribution in [0.25, 0.3) is 0 Å². The molecule has 0 saturated carbocycles. The van der Waals surface area contributed by atoms with Gasteiger partial charge in [-0.1, -0.05) is 29.8 Å². The number of methoxy groups -OCH3 is 1. The van der Waals surface area contributed by atoms with Crippen LogP contribution >= 0.6 is 11.6 Å². The van der Waals surface area contributed by atoms with Crippen LogP contribution in [0.3, 0.4) is 0 Å². The molecular weight excluding hydrogens is 452 g/mol. The molecule has 1 amide bonds. The molecule has 32 heavy (non-hydrogen) atoms. The molecule has 0 spiro atoms. The van der Waals surface area contributed by atoms with E-state index in [9.17, 15) is 13.2 Å². The molecule has 0 radical (unpaired) electrons. The van der Waals surface area contributed by atoms with E-state index in [0.29, 0.717) is 22.2 Å². The van der Waals surface area contributed by atoms with Crippen molar-refractivity contribution in [1.29, 1.82) is 0 Å². The molecule has 0 saturated heterocycles. The molecule has 1 atom stereocenters. The van der Waals surface area contributed by atoms with E-state index in [0.717, 1.165) is 5.56 Å². The monoisotopic (exact) mass is 474 g/mol. The van der Waals surface area contributed by atoms with E-state index < -0.39 is 10.0 Å². The van der Waals surface area contributed by atoms with Crippen molar-refractivity contribution >= 4 is 33.2 Å². The van der Waals surface area contributed by atoms with Crippen molar-refractivity contribution in [3.63, 3.8) is 0 Å². The average Bonchev–Trinajstić information content (AvgIpc) is 2.78. The number of sulfonamides is 1. The number of carbonyl (C=O) groups is 1. The lowest BCUT2D eigenvalue weighted by molar-refractivity contribution is -0.123. The van der Waals surface area contributed by atoms with Crippen LogP contribution in [0.2, 0.25) is 5.02 Å². The third-order valence-electron chi connectivity index (χ3n) is 4.57. The van der Waals surface area contributed by atoms with E-state index >= 15 is 0 Å². The van der Waals surface area contributed by atoms with Gasteiger partial charge in [0, 0.05) is 11.1 Å². The van der Waals surface area contributed by atoms with E-state index in [1.165, 1.54) is 31.4 Å². The minimum Gasteiger partial charge on any atom is -0.497 e. The number of hydrogen-bond donors (Lipinski definition) is 2. The van der Waals surface area contributed by atoms with Gasteiger partial charge in [0.05, 0.1) is 23.7 Å². The molecule has 0 bridgehead atoms. The molecule has 0 heterocycles. The van der Waals surface area contributed by atoms with Crippen molar-refractivity contribution in [1.82, 2.24) is 5.32 Å². The largest absolute Gasteiger partial charge is 0.497 e. The zero-order valence-electron chi connectivity index (χ0n) is 17.5. The highest BCUT2D eigenvalue weighted by Crippen LogP contribution is 2.22. The fraction of sp³-hybridized carbons (Fsp3) is 0.174. The minimum atomic E-state index is -3.79. The summed E-state index contributed by atoms with van der Waals surface area (Å²) in [6.45, 7) is 1.65. The van der Waals surface area contributed by atoms with Crippen molar-refractivity contribution in [2.24, 2.45) is 0 Å². The second-order valence-corrected chi connectivity index (χ2v) is 9.06. The SMILES string of the molecule is COc1cccc(NS(=O)(=O)c2ccc(OCC(=O)N[C@H](C)c3ccc(Cl)cc3)cc2)c1. The Kier molecular flexibility index (Phi) is 7.61. The van der Waals surface area contributed by atoms with Crippen LogP contribution in [0.15, 0.2) is 77.7 Å². The highest BCUT2D eigenvalue weighted by atomic mass is 35.5. The van der Waals surface area contributed by atoms with Gasteiger partial charge in [0.2, 0.25) is 0 Å². The molecule has 3 aromatic rings. The van der Waals surface area contributed by atoms with E-state index in [-0.39, 0.29) is 23.5 Å². The molecule has 0 aliphatic carbocycles. The molecule has 2 N–H and O–H groups in total. The molecule has 3 rings (SSSR count). The van der Waals surface area contributed by atoms with Crippen LogP contribution in [-0.4, -0.2) is 28.0 Å².